The van der Waals surface area contributed by atoms with Crippen LogP contribution in [0.4, 0.5) is 0 Å². The van der Waals surface area contributed by atoms with E-state index in [9.17, 15) is 14.7 Å². The van der Waals surface area contributed by atoms with Crippen LogP contribution in [-0.4, -0.2) is 52.5 Å². The molecule has 0 aromatic carbocycles. The van der Waals surface area contributed by atoms with E-state index in [1.807, 2.05) is 0 Å². The molecule has 110 valence electrons. The molecule has 6 nitrogen and oxygen atoms in total. The molecule has 0 unspecified atom stereocenters. The summed E-state index contributed by atoms with van der Waals surface area (Å²) in [5.41, 5.74) is 1.63. The normalized spacial score (nSPS) is 17.8. The Kier molecular flexibility index (Phi) is 5.08. The third-order valence-corrected chi connectivity index (χ3v) is 4.26. The Morgan fingerprint density at radius 2 is 2.25 bits per heavy atom. The van der Waals surface area contributed by atoms with Crippen molar-refractivity contribution in [1.29, 1.82) is 0 Å². The number of carbonyl (C=O) groups is 2. The van der Waals surface area contributed by atoms with Crippen LogP contribution in [-0.2, 0) is 4.79 Å². The molecule has 2 heterocycles. The maximum absolute atomic E-state index is 11.8. The minimum atomic E-state index is -0.933. The zero-order chi connectivity index (χ0) is 14.5. The molecule has 1 fully saturated rings. The summed E-state index contributed by atoms with van der Waals surface area (Å²) in [6.07, 6.45) is 2.32. The number of rotatable bonds is 4. The molecular formula is C13H19N3O3S. The summed E-state index contributed by atoms with van der Waals surface area (Å²) >= 11 is 1.32. The second kappa shape index (κ2) is 6.81. The van der Waals surface area contributed by atoms with Crippen molar-refractivity contribution in [3.8, 4) is 0 Å². The lowest BCUT2D eigenvalue weighted by Gasteiger charge is -2.32. The molecule has 1 aromatic heterocycles. The van der Waals surface area contributed by atoms with Crippen LogP contribution >= 0.6 is 11.3 Å². The summed E-state index contributed by atoms with van der Waals surface area (Å²) in [4.78, 5) is 29.6. The molecule has 0 aliphatic carbocycles. The van der Waals surface area contributed by atoms with Crippen molar-refractivity contribution in [3.63, 3.8) is 0 Å². The van der Waals surface area contributed by atoms with E-state index in [1.54, 1.807) is 16.6 Å². The van der Waals surface area contributed by atoms with Crippen molar-refractivity contribution in [1.82, 2.24) is 15.2 Å². The standard InChI is InChI=1S/C13H19N3O3S/c1-9(17)13(19)16-4-2-10(3-5-16)6-15-12(18)11-7-14-8-20-11/h7-10,17H,2-6H2,1H3,(H,15,18)/t9-/m0/s1. The van der Waals surface area contributed by atoms with Crippen molar-refractivity contribution in [2.24, 2.45) is 5.92 Å². The van der Waals surface area contributed by atoms with E-state index >= 15 is 0 Å². The molecule has 7 heteroatoms. The topological polar surface area (TPSA) is 82.5 Å². The highest BCUT2D eigenvalue weighted by Crippen LogP contribution is 2.17. The second-order valence-corrected chi connectivity index (χ2v) is 5.91. The first-order chi connectivity index (χ1) is 9.58. The number of piperidine rings is 1. The zero-order valence-corrected chi connectivity index (χ0v) is 12.2. The number of aliphatic hydroxyl groups excluding tert-OH is 1. The average molecular weight is 297 g/mol. The van der Waals surface area contributed by atoms with Gasteiger partial charge < -0.3 is 15.3 Å². The van der Waals surface area contributed by atoms with Gasteiger partial charge in [0.2, 0.25) is 0 Å². The van der Waals surface area contributed by atoms with Crippen molar-refractivity contribution in [2.75, 3.05) is 19.6 Å². The fourth-order valence-corrected chi connectivity index (χ4v) is 2.81. The lowest BCUT2D eigenvalue weighted by Crippen LogP contribution is -2.44. The molecule has 1 atom stereocenters. The van der Waals surface area contributed by atoms with E-state index < -0.39 is 6.10 Å². The molecule has 2 rings (SSSR count). The molecule has 0 saturated carbocycles. The Labute approximate surface area is 121 Å². The van der Waals surface area contributed by atoms with Crippen molar-refractivity contribution in [3.05, 3.63) is 16.6 Å². The van der Waals surface area contributed by atoms with Gasteiger partial charge in [-0.05, 0) is 25.7 Å². The summed E-state index contributed by atoms with van der Waals surface area (Å²) in [7, 11) is 0. The molecule has 0 spiro atoms. The highest BCUT2D eigenvalue weighted by molar-refractivity contribution is 7.11. The van der Waals surface area contributed by atoms with Crippen molar-refractivity contribution < 1.29 is 14.7 Å². The minimum Gasteiger partial charge on any atom is -0.384 e. The number of nitrogens with zero attached hydrogens (tertiary/aromatic N) is 2. The van der Waals surface area contributed by atoms with Gasteiger partial charge >= 0.3 is 0 Å². The van der Waals surface area contributed by atoms with Crippen molar-refractivity contribution >= 4 is 23.2 Å². The van der Waals surface area contributed by atoms with E-state index in [1.165, 1.54) is 18.3 Å². The number of nitrogens with one attached hydrogen (secondary N) is 1. The Balaban J connectivity index is 1.72. The Hall–Kier alpha value is -1.47. The Morgan fingerprint density at radius 1 is 1.55 bits per heavy atom. The molecule has 2 N–H and O–H groups in total. The molecule has 20 heavy (non-hydrogen) atoms. The monoisotopic (exact) mass is 297 g/mol. The van der Waals surface area contributed by atoms with Crippen LogP contribution in [0.1, 0.15) is 29.4 Å². The molecule has 0 radical (unpaired) electrons. The van der Waals surface area contributed by atoms with Crippen LogP contribution in [0.2, 0.25) is 0 Å². The Bertz CT molecular complexity index is 453. The van der Waals surface area contributed by atoms with Gasteiger partial charge in [0.15, 0.2) is 0 Å². The number of hydrogen-bond donors (Lipinski definition) is 2. The largest absolute Gasteiger partial charge is 0.384 e. The fraction of sp³-hybridized carbons (Fsp3) is 0.615. The molecule has 1 aliphatic rings. The summed E-state index contributed by atoms with van der Waals surface area (Å²) in [5.74, 6) is 0.0806. The van der Waals surface area contributed by atoms with Crippen LogP contribution in [0.25, 0.3) is 0 Å². The number of aliphatic hydroxyl groups is 1. The first-order valence-electron chi connectivity index (χ1n) is 6.71. The quantitative estimate of drug-likeness (QED) is 0.847. The minimum absolute atomic E-state index is 0.0880. The third kappa shape index (κ3) is 3.77. The number of amides is 2. The molecule has 1 aliphatic heterocycles. The SMILES string of the molecule is C[C@H](O)C(=O)N1CCC(CNC(=O)c2cncs2)CC1. The van der Waals surface area contributed by atoms with Gasteiger partial charge in [-0.15, -0.1) is 11.3 Å². The summed E-state index contributed by atoms with van der Waals surface area (Å²) < 4.78 is 0. The van der Waals surface area contributed by atoms with E-state index in [2.05, 4.69) is 10.3 Å². The van der Waals surface area contributed by atoms with E-state index in [0.29, 0.717) is 30.4 Å². The first-order valence-corrected chi connectivity index (χ1v) is 7.59. The summed E-state index contributed by atoms with van der Waals surface area (Å²) in [6.45, 7) is 3.40. The number of aromatic nitrogens is 1. The molecule has 2 amide bonds. The summed E-state index contributed by atoms with van der Waals surface area (Å²) in [6, 6.07) is 0. The van der Waals surface area contributed by atoms with E-state index in [0.717, 1.165) is 12.8 Å². The molecule has 1 saturated heterocycles. The first kappa shape index (κ1) is 14.9. The van der Waals surface area contributed by atoms with Gasteiger partial charge in [0, 0.05) is 19.6 Å². The van der Waals surface area contributed by atoms with Gasteiger partial charge in [0.1, 0.15) is 11.0 Å². The van der Waals surface area contributed by atoms with Gasteiger partial charge in [-0.2, -0.15) is 0 Å². The highest BCUT2D eigenvalue weighted by Gasteiger charge is 2.25. The van der Waals surface area contributed by atoms with Gasteiger partial charge in [-0.25, -0.2) is 0 Å². The lowest BCUT2D eigenvalue weighted by atomic mass is 9.96. The molecule has 1 aromatic rings. The average Bonchev–Trinajstić information content (AvgIpc) is 2.98. The maximum Gasteiger partial charge on any atom is 0.263 e. The number of carbonyl (C=O) groups excluding carboxylic acids is 2. The summed E-state index contributed by atoms with van der Waals surface area (Å²) in [5, 5.41) is 12.2. The van der Waals surface area contributed by atoms with Gasteiger partial charge in [0.25, 0.3) is 11.8 Å². The van der Waals surface area contributed by atoms with Crippen LogP contribution in [0, 0.1) is 5.92 Å². The highest BCUT2D eigenvalue weighted by atomic mass is 32.1. The van der Waals surface area contributed by atoms with Crippen LogP contribution in [0.15, 0.2) is 11.7 Å². The predicted molar refractivity (Wildman–Crippen MR) is 75.4 cm³/mol. The van der Waals surface area contributed by atoms with Crippen LogP contribution in [0.5, 0.6) is 0 Å². The van der Waals surface area contributed by atoms with E-state index in [-0.39, 0.29) is 11.8 Å². The van der Waals surface area contributed by atoms with Gasteiger partial charge in [-0.3, -0.25) is 14.6 Å². The number of likely N-dealkylation sites (tertiary alicyclic amines) is 1. The molecule has 0 bridgehead atoms. The lowest BCUT2D eigenvalue weighted by molar-refractivity contribution is -0.140. The Morgan fingerprint density at radius 3 is 2.80 bits per heavy atom. The smallest absolute Gasteiger partial charge is 0.263 e. The van der Waals surface area contributed by atoms with Crippen LogP contribution in [0.3, 0.4) is 0 Å². The van der Waals surface area contributed by atoms with E-state index in [4.69, 9.17) is 0 Å². The fourth-order valence-electron chi connectivity index (χ4n) is 2.27. The number of hydrogen-bond acceptors (Lipinski definition) is 5. The van der Waals surface area contributed by atoms with Gasteiger partial charge in [0.05, 0.1) is 11.7 Å². The molecular weight excluding hydrogens is 278 g/mol. The van der Waals surface area contributed by atoms with Crippen molar-refractivity contribution in [2.45, 2.75) is 25.9 Å². The number of thiazole rings is 1. The predicted octanol–water partition coefficient (Wildman–Crippen LogP) is 0.492. The van der Waals surface area contributed by atoms with Gasteiger partial charge in [-0.1, -0.05) is 0 Å². The van der Waals surface area contributed by atoms with Crippen LogP contribution < -0.4 is 5.32 Å². The third-order valence-electron chi connectivity index (χ3n) is 3.49. The zero-order valence-electron chi connectivity index (χ0n) is 11.4. The maximum atomic E-state index is 11.8. The second-order valence-electron chi connectivity index (χ2n) is 5.02.